The van der Waals surface area contributed by atoms with Crippen LogP contribution in [0.5, 0.6) is 0 Å². The molecule has 0 aliphatic rings. The van der Waals surface area contributed by atoms with Crippen molar-refractivity contribution >= 4 is 11.8 Å². The Kier molecular flexibility index (Phi) is 16.4. The normalized spacial score (nSPS) is 10.8. The fourth-order valence-corrected chi connectivity index (χ4v) is 3.98. The van der Waals surface area contributed by atoms with Crippen LogP contribution in [0.1, 0.15) is 120 Å². The minimum Gasteiger partial charge on any atom is -0.461 e. The van der Waals surface area contributed by atoms with Crippen molar-refractivity contribution in [1.29, 1.82) is 0 Å². The van der Waals surface area contributed by atoms with E-state index in [2.05, 4.69) is 38.6 Å². The van der Waals surface area contributed by atoms with Crippen LogP contribution in [0.3, 0.4) is 0 Å². The third-order valence-corrected chi connectivity index (χ3v) is 5.93. The number of carbonyl (C=O) groups is 2. The summed E-state index contributed by atoms with van der Waals surface area (Å²) in [6.45, 7) is 8.35. The van der Waals surface area contributed by atoms with Gasteiger partial charge in [0.05, 0.1) is 0 Å². The van der Waals surface area contributed by atoms with E-state index >= 15 is 0 Å². The van der Waals surface area contributed by atoms with Crippen molar-refractivity contribution in [3.8, 4) is 0 Å². The minimum absolute atomic E-state index is 0.0988. The second-order valence-corrected chi connectivity index (χ2v) is 9.02. The van der Waals surface area contributed by atoms with Crippen molar-refractivity contribution in [3.63, 3.8) is 0 Å². The predicted octanol–water partition coefficient (Wildman–Crippen LogP) is 8.07. The molecule has 32 heavy (non-hydrogen) atoms. The van der Waals surface area contributed by atoms with Crippen molar-refractivity contribution in [2.75, 3.05) is 0 Å². The summed E-state index contributed by atoms with van der Waals surface area (Å²) >= 11 is 0. The predicted molar refractivity (Wildman–Crippen MR) is 135 cm³/mol. The van der Waals surface area contributed by atoms with E-state index in [0.717, 1.165) is 44.1 Å². The van der Waals surface area contributed by atoms with Crippen LogP contribution in [0, 0.1) is 0 Å². The Labute approximate surface area is 197 Å². The van der Waals surface area contributed by atoms with E-state index in [1.165, 1.54) is 68.6 Å². The third kappa shape index (κ3) is 14.2. The summed E-state index contributed by atoms with van der Waals surface area (Å²) < 4.78 is 5.58. The van der Waals surface area contributed by atoms with Crippen LogP contribution in [0.15, 0.2) is 30.9 Å². The molecule has 0 saturated carbocycles. The highest BCUT2D eigenvalue weighted by Crippen LogP contribution is 2.18. The maximum absolute atomic E-state index is 12.2. The van der Waals surface area contributed by atoms with E-state index in [1.54, 1.807) is 0 Å². The fourth-order valence-electron chi connectivity index (χ4n) is 3.98. The lowest BCUT2D eigenvalue weighted by atomic mass is 9.98. The zero-order valence-corrected chi connectivity index (χ0v) is 20.8. The highest BCUT2D eigenvalue weighted by atomic mass is 16.5. The molecule has 0 aliphatic carbocycles. The number of allylic oxidation sites excluding steroid dienone is 1. The summed E-state index contributed by atoms with van der Waals surface area (Å²) in [5.74, 6) is -0.0215. The standard InChI is InChI=1S/C29H46O3/c1-4-7-9-13-17-25-21-26(18-14-10-8-5-2)23-27(22-25)24-32-29(31)20-16-12-11-15-19-28(30)6-3/h6,21-23H,3-5,7-20,24H2,1-2H3. The zero-order chi connectivity index (χ0) is 23.4. The smallest absolute Gasteiger partial charge is 0.306 e. The number of ketones is 1. The van der Waals surface area contributed by atoms with Gasteiger partial charge in [0.25, 0.3) is 0 Å². The van der Waals surface area contributed by atoms with Gasteiger partial charge in [0.1, 0.15) is 6.61 Å². The Bertz CT molecular complexity index is 632. The summed E-state index contributed by atoms with van der Waals surface area (Å²) in [5, 5.41) is 0. The minimum atomic E-state index is -0.120. The molecule has 0 aromatic heterocycles. The lowest BCUT2D eigenvalue weighted by Crippen LogP contribution is -2.05. The number of benzene rings is 1. The average molecular weight is 443 g/mol. The molecular formula is C29H46O3. The number of rotatable bonds is 20. The molecule has 0 fully saturated rings. The van der Waals surface area contributed by atoms with Gasteiger partial charge in [-0.05, 0) is 61.3 Å². The summed E-state index contributed by atoms with van der Waals surface area (Å²) in [7, 11) is 0. The van der Waals surface area contributed by atoms with Crippen molar-refractivity contribution in [1.82, 2.24) is 0 Å². The molecule has 1 rings (SSSR count). The Morgan fingerprint density at radius 1 is 0.719 bits per heavy atom. The molecule has 0 heterocycles. The number of carbonyl (C=O) groups excluding carboxylic acids is 2. The number of esters is 1. The van der Waals surface area contributed by atoms with Gasteiger partial charge in [-0.1, -0.05) is 90.0 Å². The van der Waals surface area contributed by atoms with E-state index in [-0.39, 0.29) is 11.8 Å². The maximum Gasteiger partial charge on any atom is 0.306 e. The quantitative estimate of drug-likeness (QED) is 0.116. The molecule has 0 aliphatic heterocycles. The van der Waals surface area contributed by atoms with Crippen molar-refractivity contribution < 1.29 is 14.3 Å². The summed E-state index contributed by atoms with van der Waals surface area (Å²) in [4.78, 5) is 23.4. The number of hydrogen-bond acceptors (Lipinski definition) is 3. The van der Waals surface area contributed by atoms with Crippen LogP contribution in [-0.2, 0) is 33.8 Å². The van der Waals surface area contributed by atoms with E-state index in [0.29, 0.717) is 19.4 Å². The number of ether oxygens (including phenoxy) is 1. The van der Waals surface area contributed by atoms with E-state index < -0.39 is 0 Å². The molecule has 1 aromatic carbocycles. The first kappa shape index (κ1) is 28.1. The SMILES string of the molecule is C=CC(=O)CCCCCCC(=O)OCc1cc(CCCCCC)cc(CCCCCC)c1. The molecule has 0 bridgehead atoms. The van der Waals surface area contributed by atoms with Crippen LogP contribution in [0.2, 0.25) is 0 Å². The number of aryl methyl sites for hydroxylation is 2. The van der Waals surface area contributed by atoms with Gasteiger partial charge in [-0.3, -0.25) is 9.59 Å². The molecule has 0 N–H and O–H groups in total. The lowest BCUT2D eigenvalue weighted by molar-refractivity contribution is -0.145. The summed E-state index contributed by atoms with van der Waals surface area (Å²) in [6, 6.07) is 6.82. The average Bonchev–Trinajstić information content (AvgIpc) is 2.80. The molecule has 180 valence electrons. The van der Waals surface area contributed by atoms with Gasteiger partial charge in [0.15, 0.2) is 5.78 Å². The van der Waals surface area contributed by atoms with Crippen molar-refractivity contribution in [2.45, 2.75) is 123 Å². The van der Waals surface area contributed by atoms with E-state index in [9.17, 15) is 9.59 Å². The first-order valence-corrected chi connectivity index (χ1v) is 13.0. The topological polar surface area (TPSA) is 43.4 Å². The van der Waals surface area contributed by atoms with Gasteiger partial charge in [0.2, 0.25) is 0 Å². The first-order valence-electron chi connectivity index (χ1n) is 13.0. The van der Waals surface area contributed by atoms with Crippen LogP contribution in [-0.4, -0.2) is 11.8 Å². The molecule has 0 atom stereocenters. The molecule has 0 unspecified atom stereocenters. The lowest BCUT2D eigenvalue weighted by Gasteiger charge is -2.11. The van der Waals surface area contributed by atoms with E-state index in [1.807, 2.05) is 0 Å². The zero-order valence-electron chi connectivity index (χ0n) is 20.8. The highest BCUT2D eigenvalue weighted by molar-refractivity contribution is 5.88. The number of unbranched alkanes of at least 4 members (excludes halogenated alkanes) is 9. The monoisotopic (exact) mass is 442 g/mol. The highest BCUT2D eigenvalue weighted by Gasteiger charge is 2.07. The molecule has 0 amide bonds. The molecule has 0 spiro atoms. The molecular weight excluding hydrogens is 396 g/mol. The molecule has 0 saturated heterocycles. The first-order chi connectivity index (χ1) is 15.6. The Morgan fingerprint density at radius 3 is 1.75 bits per heavy atom. The van der Waals surface area contributed by atoms with Crippen molar-refractivity contribution in [3.05, 3.63) is 47.5 Å². The Balaban J connectivity index is 2.46. The van der Waals surface area contributed by atoms with Crippen LogP contribution in [0.4, 0.5) is 0 Å². The molecule has 0 radical (unpaired) electrons. The van der Waals surface area contributed by atoms with Gasteiger partial charge in [-0.2, -0.15) is 0 Å². The third-order valence-electron chi connectivity index (χ3n) is 5.93. The van der Waals surface area contributed by atoms with Gasteiger partial charge in [0, 0.05) is 12.8 Å². The van der Waals surface area contributed by atoms with E-state index in [4.69, 9.17) is 4.74 Å². The van der Waals surface area contributed by atoms with Crippen LogP contribution < -0.4 is 0 Å². The number of hydrogen-bond donors (Lipinski definition) is 0. The fraction of sp³-hybridized carbons (Fsp3) is 0.655. The van der Waals surface area contributed by atoms with Gasteiger partial charge in [-0.15, -0.1) is 0 Å². The van der Waals surface area contributed by atoms with Gasteiger partial charge >= 0.3 is 5.97 Å². The molecule has 3 heteroatoms. The maximum atomic E-state index is 12.2. The van der Waals surface area contributed by atoms with Gasteiger partial charge < -0.3 is 4.74 Å². The summed E-state index contributed by atoms with van der Waals surface area (Å²) in [6.07, 6.45) is 18.3. The van der Waals surface area contributed by atoms with Crippen molar-refractivity contribution in [2.24, 2.45) is 0 Å². The Morgan fingerprint density at radius 2 is 1.22 bits per heavy atom. The molecule has 3 nitrogen and oxygen atoms in total. The summed E-state index contributed by atoms with van der Waals surface area (Å²) in [5.41, 5.74) is 3.89. The molecule has 1 aromatic rings. The van der Waals surface area contributed by atoms with Gasteiger partial charge in [-0.25, -0.2) is 0 Å². The largest absolute Gasteiger partial charge is 0.461 e. The van der Waals surface area contributed by atoms with Crippen LogP contribution in [0.25, 0.3) is 0 Å². The second kappa shape index (κ2) is 18.7. The second-order valence-electron chi connectivity index (χ2n) is 9.02. The Hall–Kier alpha value is -1.90. The van der Waals surface area contributed by atoms with Crippen LogP contribution >= 0.6 is 0 Å².